The molecule has 0 bridgehead atoms. The lowest BCUT2D eigenvalue weighted by Crippen LogP contribution is -2.07. The lowest BCUT2D eigenvalue weighted by Gasteiger charge is -2.13. The molecule has 0 aliphatic heterocycles. The van der Waals surface area contributed by atoms with E-state index in [9.17, 15) is 0 Å². The maximum atomic E-state index is 5.83. The lowest BCUT2D eigenvalue weighted by atomic mass is 9.91. The van der Waals surface area contributed by atoms with Crippen LogP contribution in [0.2, 0.25) is 0 Å². The van der Waals surface area contributed by atoms with Crippen molar-refractivity contribution in [3.63, 3.8) is 0 Å². The Morgan fingerprint density at radius 2 is 1.44 bits per heavy atom. The fourth-order valence-corrected chi connectivity index (χ4v) is 3.61. The van der Waals surface area contributed by atoms with Crippen LogP contribution in [-0.4, -0.2) is 6.54 Å². The fraction of sp³-hybridized carbons (Fsp3) is 0.294. The largest absolute Gasteiger partial charge is 0.330 e. The van der Waals surface area contributed by atoms with Crippen molar-refractivity contribution in [1.82, 2.24) is 0 Å². The standard InChI is InChI=1S/C17H17N/c18-10-11-9-16(11)17-14-7-3-1-5-12(14)13-6-2-4-8-15(13)17/h1-8,11,16-17H,9-10,18H2/t11-,16+/m0/s1. The first-order valence-electron chi connectivity index (χ1n) is 6.78. The van der Waals surface area contributed by atoms with E-state index in [1.54, 1.807) is 0 Å². The molecule has 2 aliphatic rings. The number of hydrogen-bond acceptors (Lipinski definition) is 1. The summed E-state index contributed by atoms with van der Waals surface area (Å²) >= 11 is 0. The maximum Gasteiger partial charge on any atom is 0.0133 e. The summed E-state index contributed by atoms with van der Waals surface area (Å²) in [6.07, 6.45) is 1.30. The molecule has 1 heteroatoms. The van der Waals surface area contributed by atoms with Gasteiger partial charge in [0, 0.05) is 5.92 Å². The van der Waals surface area contributed by atoms with E-state index in [1.807, 2.05) is 0 Å². The van der Waals surface area contributed by atoms with E-state index < -0.39 is 0 Å². The molecule has 0 aromatic heterocycles. The number of benzene rings is 2. The molecule has 4 rings (SSSR count). The molecular weight excluding hydrogens is 218 g/mol. The van der Waals surface area contributed by atoms with Gasteiger partial charge in [-0.2, -0.15) is 0 Å². The van der Waals surface area contributed by atoms with Gasteiger partial charge in [0.2, 0.25) is 0 Å². The molecule has 1 nitrogen and oxygen atoms in total. The second-order valence-electron chi connectivity index (χ2n) is 5.55. The smallest absolute Gasteiger partial charge is 0.0133 e. The average Bonchev–Trinajstić information content (AvgIpc) is 3.13. The molecule has 0 radical (unpaired) electrons. The van der Waals surface area contributed by atoms with Gasteiger partial charge in [-0.05, 0) is 47.1 Å². The summed E-state index contributed by atoms with van der Waals surface area (Å²) < 4.78 is 0. The molecule has 18 heavy (non-hydrogen) atoms. The summed E-state index contributed by atoms with van der Waals surface area (Å²) in [6, 6.07) is 17.7. The third-order valence-electron chi connectivity index (χ3n) is 4.59. The highest BCUT2D eigenvalue weighted by atomic mass is 14.6. The summed E-state index contributed by atoms with van der Waals surface area (Å²) in [5, 5.41) is 0. The van der Waals surface area contributed by atoms with Gasteiger partial charge >= 0.3 is 0 Å². The molecule has 0 amide bonds. The van der Waals surface area contributed by atoms with Crippen LogP contribution in [0.3, 0.4) is 0 Å². The van der Waals surface area contributed by atoms with E-state index in [0.29, 0.717) is 5.92 Å². The van der Waals surface area contributed by atoms with Gasteiger partial charge in [0.25, 0.3) is 0 Å². The molecule has 2 aromatic carbocycles. The van der Waals surface area contributed by atoms with Crippen LogP contribution in [0.5, 0.6) is 0 Å². The molecule has 90 valence electrons. The molecule has 1 fully saturated rings. The quantitative estimate of drug-likeness (QED) is 0.848. The summed E-state index contributed by atoms with van der Waals surface area (Å²) in [4.78, 5) is 0. The van der Waals surface area contributed by atoms with E-state index in [1.165, 1.54) is 28.7 Å². The monoisotopic (exact) mass is 235 g/mol. The SMILES string of the molecule is NC[C@@H]1C[C@H]1C1c2ccccc2-c2ccccc21. The molecule has 1 saturated carbocycles. The van der Waals surface area contributed by atoms with Gasteiger partial charge in [-0.15, -0.1) is 0 Å². The van der Waals surface area contributed by atoms with E-state index >= 15 is 0 Å². The van der Waals surface area contributed by atoms with Gasteiger partial charge in [-0.25, -0.2) is 0 Å². The number of hydrogen-bond donors (Lipinski definition) is 1. The van der Waals surface area contributed by atoms with Crippen LogP contribution >= 0.6 is 0 Å². The van der Waals surface area contributed by atoms with Crippen molar-refractivity contribution in [2.75, 3.05) is 6.54 Å². The number of fused-ring (bicyclic) bond motifs is 3. The Morgan fingerprint density at radius 3 is 1.94 bits per heavy atom. The van der Waals surface area contributed by atoms with Crippen molar-refractivity contribution < 1.29 is 0 Å². The Labute approximate surface area is 108 Å². The van der Waals surface area contributed by atoms with Crippen molar-refractivity contribution in [2.24, 2.45) is 17.6 Å². The summed E-state index contributed by atoms with van der Waals surface area (Å²) in [5.74, 6) is 2.08. The Bertz CT molecular complexity index is 557. The lowest BCUT2D eigenvalue weighted by molar-refractivity contribution is 0.640. The fourth-order valence-electron chi connectivity index (χ4n) is 3.61. The first-order chi connectivity index (χ1) is 8.90. The van der Waals surface area contributed by atoms with Crippen LogP contribution in [0.4, 0.5) is 0 Å². The predicted molar refractivity (Wildman–Crippen MR) is 74.4 cm³/mol. The maximum absolute atomic E-state index is 5.83. The first-order valence-corrected chi connectivity index (χ1v) is 6.78. The summed E-state index contributed by atoms with van der Waals surface area (Å²) in [6.45, 7) is 0.839. The summed E-state index contributed by atoms with van der Waals surface area (Å²) in [5.41, 5.74) is 11.7. The highest BCUT2D eigenvalue weighted by Gasteiger charge is 2.46. The normalized spacial score (nSPS) is 24.7. The molecule has 2 aromatic rings. The van der Waals surface area contributed by atoms with Crippen molar-refractivity contribution in [3.8, 4) is 11.1 Å². The van der Waals surface area contributed by atoms with Crippen LogP contribution in [0.15, 0.2) is 48.5 Å². The summed E-state index contributed by atoms with van der Waals surface area (Å²) in [7, 11) is 0. The highest BCUT2D eigenvalue weighted by Crippen LogP contribution is 2.57. The molecule has 0 heterocycles. The Balaban J connectivity index is 1.88. The van der Waals surface area contributed by atoms with Crippen molar-refractivity contribution >= 4 is 0 Å². The minimum absolute atomic E-state index is 0.589. The zero-order chi connectivity index (χ0) is 12.1. The van der Waals surface area contributed by atoms with Crippen LogP contribution in [-0.2, 0) is 0 Å². The van der Waals surface area contributed by atoms with Gasteiger partial charge in [-0.3, -0.25) is 0 Å². The van der Waals surface area contributed by atoms with Gasteiger partial charge < -0.3 is 5.73 Å². The Kier molecular flexibility index (Phi) is 2.12. The van der Waals surface area contributed by atoms with Crippen LogP contribution in [0, 0.1) is 11.8 Å². The van der Waals surface area contributed by atoms with Crippen molar-refractivity contribution in [1.29, 1.82) is 0 Å². The highest BCUT2D eigenvalue weighted by molar-refractivity contribution is 5.79. The first kappa shape index (κ1) is 10.3. The van der Waals surface area contributed by atoms with E-state index in [4.69, 9.17) is 5.73 Å². The van der Waals surface area contributed by atoms with Crippen molar-refractivity contribution in [3.05, 3.63) is 59.7 Å². The Morgan fingerprint density at radius 1 is 0.889 bits per heavy atom. The molecule has 0 unspecified atom stereocenters. The topological polar surface area (TPSA) is 26.0 Å². The number of nitrogens with two attached hydrogens (primary N) is 1. The zero-order valence-corrected chi connectivity index (χ0v) is 10.3. The van der Waals surface area contributed by atoms with E-state index in [2.05, 4.69) is 48.5 Å². The molecule has 0 saturated heterocycles. The van der Waals surface area contributed by atoms with Crippen LogP contribution < -0.4 is 5.73 Å². The van der Waals surface area contributed by atoms with E-state index in [0.717, 1.165) is 18.4 Å². The second kappa shape index (κ2) is 3.69. The third kappa shape index (κ3) is 1.31. The van der Waals surface area contributed by atoms with Crippen LogP contribution in [0.25, 0.3) is 11.1 Å². The van der Waals surface area contributed by atoms with Crippen molar-refractivity contribution in [2.45, 2.75) is 12.3 Å². The van der Waals surface area contributed by atoms with Gasteiger partial charge in [0.1, 0.15) is 0 Å². The molecular formula is C17H17N. The molecule has 2 aliphatic carbocycles. The minimum Gasteiger partial charge on any atom is -0.330 e. The minimum atomic E-state index is 0.589. The second-order valence-corrected chi connectivity index (χ2v) is 5.55. The average molecular weight is 235 g/mol. The number of rotatable bonds is 2. The zero-order valence-electron chi connectivity index (χ0n) is 10.3. The molecule has 2 atom stereocenters. The third-order valence-corrected chi connectivity index (χ3v) is 4.59. The van der Waals surface area contributed by atoms with E-state index in [-0.39, 0.29) is 0 Å². The molecule has 2 N–H and O–H groups in total. The predicted octanol–water partition coefficient (Wildman–Crippen LogP) is 3.39. The Hall–Kier alpha value is -1.60. The molecule has 0 spiro atoms. The van der Waals surface area contributed by atoms with Gasteiger partial charge in [0.05, 0.1) is 0 Å². The van der Waals surface area contributed by atoms with Crippen LogP contribution in [0.1, 0.15) is 23.5 Å². The van der Waals surface area contributed by atoms with Gasteiger partial charge in [-0.1, -0.05) is 48.5 Å². The van der Waals surface area contributed by atoms with Gasteiger partial charge in [0.15, 0.2) is 0 Å².